The standard InChI is InChI=1S/C23H24FN3O2/c1-15(16-7-10-18(24)11-8-16)25-22(28)17-9-12-19-20(14-17)26-21-6-4-2-3-5-13-27(21)23(19)29/h7-12,14-15H,2-6,13H2,1H3,(H,25,28)/t15-/m1/s1. The molecule has 0 radical (unpaired) electrons. The lowest BCUT2D eigenvalue weighted by Gasteiger charge is -2.17. The Morgan fingerprint density at radius 3 is 2.66 bits per heavy atom. The molecule has 1 N–H and O–H groups in total. The van der Waals surface area contributed by atoms with Crippen molar-refractivity contribution < 1.29 is 9.18 Å². The molecule has 150 valence electrons. The van der Waals surface area contributed by atoms with Gasteiger partial charge in [-0.15, -0.1) is 0 Å². The summed E-state index contributed by atoms with van der Waals surface area (Å²) in [7, 11) is 0. The van der Waals surface area contributed by atoms with Gasteiger partial charge in [-0.1, -0.05) is 25.0 Å². The topological polar surface area (TPSA) is 64.0 Å². The van der Waals surface area contributed by atoms with Crippen LogP contribution >= 0.6 is 0 Å². The average molecular weight is 393 g/mol. The van der Waals surface area contributed by atoms with Crippen molar-refractivity contribution in [3.63, 3.8) is 0 Å². The number of nitrogens with one attached hydrogen (secondary N) is 1. The van der Waals surface area contributed by atoms with E-state index in [0.29, 0.717) is 23.0 Å². The Hall–Kier alpha value is -3.02. The normalized spacial score (nSPS) is 15.2. The van der Waals surface area contributed by atoms with Gasteiger partial charge >= 0.3 is 0 Å². The van der Waals surface area contributed by atoms with Crippen molar-refractivity contribution in [2.75, 3.05) is 0 Å². The van der Waals surface area contributed by atoms with Crippen LogP contribution in [0.25, 0.3) is 10.9 Å². The zero-order valence-corrected chi connectivity index (χ0v) is 16.5. The number of carbonyl (C=O) groups is 1. The molecule has 5 nitrogen and oxygen atoms in total. The molecule has 0 bridgehead atoms. The zero-order valence-electron chi connectivity index (χ0n) is 16.5. The molecule has 0 saturated carbocycles. The molecule has 2 heterocycles. The Morgan fingerprint density at radius 2 is 1.86 bits per heavy atom. The van der Waals surface area contributed by atoms with E-state index in [1.54, 1.807) is 34.9 Å². The third kappa shape index (κ3) is 4.06. The van der Waals surface area contributed by atoms with E-state index in [1.807, 2.05) is 6.92 Å². The summed E-state index contributed by atoms with van der Waals surface area (Å²) in [6, 6.07) is 10.8. The monoisotopic (exact) mass is 393 g/mol. The third-order valence-corrected chi connectivity index (χ3v) is 5.55. The Morgan fingerprint density at radius 1 is 1.10 bits per heavy atom. The highest BCUT2D eigenvalue weighted by atomic mass is 19.1. The summed E-state index contributed by atoms with van der Waals surface area (Å²) in [6.45, 7) is 2.55. The zero-order chi connectivity index (χ0) is 20.4. The van der Waals surface area contributed by atoms with E-state index in [1.165, 1.54) is 12.1 Å². The summed E-state index contributed by atoms with van der Waals surface area (Å²) in [5.74, 6) is 0.241. The first-order chi connectivity index (χ1) is 14.0. The van der Waals surface area contributed by atoms with Crippen LogP contribution in [-0.2, 0) is 13.0 Å². The van der Waals surface area contributed by atoms with E-state index >= 15 is 0 Å². The average Bonchev–Trinajstić information content (AvgIpc) is 2.69. The van der Waals surface area contributed by atoms with Crippen LogP contribution in [-0.4, -0.2) is 15.5 Å². The van der Waals surface area contributed by atoms with Gasteiger partial charge in [-0.05, 0) is 55.7 Å². The van der Waals surface area contributed by atoms with E-state index in [4.69, 9.17) is 4.98 Å². The maximum Gasteiger partial charge on any atom is 0.261 e. The highest BCUT2D eigenvalue weighted by Gasteiger charge is 2.16. The van der Waals surface area contributed by atoms with Gasteiger partial charge in [0.15, 0.2) is 0 Å². The van der Waals surface area contributed by atoms with Crippen molar-refractivity contribution in [3.05, 3.63) is 75.6 Å². The van der Waals surface area contributed by atoms with E-state index in [9.17, 15) is 14.0 Å². The molecule has 3 aromatic rings. The van der Waals surface area contributed by atoms with Gasteiger partial charge in [0.05, 0.1) is 16.9 Å². The second-order valence-electron chi connectivity index (χ2n) is 7.63. The van der Waals surface area contributed by atoms with Crippen LogP contribution in [0.3, 0.4) is 0 Å². The molecule has 2 aromatic carbocycles. The van der Waals surface area contributed by atoms with Crippen molar-refractivity contribution in [2.24, 2.45) is 0 Å². The summed E-state index contributed by atoms with van der Waals surface area (Å²) in [5, 5.41) is 3.46. The fourth-order valence-corrected chi connectivity index (χ4v) is 3.85. The molecule has 0 spiro atoms. The molecule has 0 saturated heterocycles. The summed E-state index contributed by atoms with van der Waals surface area (Å²) >= 11 is 0. The molecule has 1 aliphatic heterocycles. The molecule has 1 aliphatic rings. The SMILES string of the molecule is C[C@@H](NC(=O)c1ccc2c(=O)n3c(nc2c1)CCCCCC3)c1ccc(F)cc1. The molecule has 4 rings (SSSR count). The van der Waals surface area contributed by atoms with Gasteiger partial charge in [-0.3, -0.25) is 14.2 Å². The number of benzene rings is 2. The Labute approximate surface area is 168 Å². The van der Waals surface area contributed by atoms with Crippen LogP contribution in [0.4, 0.5) is 4.39 Å². The number of rotatable bonds is 3. The Bertz CT molecular complexity index is 1110. The van der Waals surface area contributed by atoms with Crippen LogP contribution in [0.1, 0.15) is 60.4 Å². The molecule has 1 aromatic heterocycles. The van der Waals surface area contributed by atoms with Gasteiger partial charge < -0.3 is 5.32 Å². The van der Waals surface area contributed by atoms with Crippen molar-refractivity contribution in [3.8, 4) is 0 Å². The predicted octanol–water partition coefficient (Wildman–Crippen LogP) is 4.14. The van der Waals surface area contributed by atoms with Gasteiger partial charge in [0.2, 0.25) is 0 Å². The van der Waals surface area contributed by atoms with Gasteiger partial charge in [-0.2, -0.15) is 0 Å². The van der Waals surface area contributed by atoms with E-state index in [0.717, 1.165) is 43.5 Å². The van der Waals surface area contributed by atoms with Crippen LogP contribution in [0, 0.1) is 5.82 Å². The minimum Gasteiger partial charge on any atom is -0.346 e. The molecule has 29 heavy (non-hydrogen) atoms. The predicted molar refractivity (Wildman–Crippen MR) is 110 cm³/mol. The number of aryl methyl sites for hydroxylation is 1. The highest BCUT2D eigenvalue weighted by Crippen LogP contribution is 2.18. The number of fused-ring (bicyclic) bond motifs is 2. The van der Waals surface area contributed by atoms with Gasteiger partial charge in [0.1, 0.15) is 11.6 Å². The van der Waals surface area contributed by atoms with Gasteiger partial charge in [0, 0.05) is 18.5 Å². The van der Waals surface area contributed by atoms with Crippen molar-refractivity contribution in [1.82, 2.24) is 14.9 Å². The third-order valence-electron chi connectivity index (χ3n) is 5.55. The van der Waals surface area contributed by atoms with Crippen LogP contribution in [0.2, 0.25) is 0 Å². The lowest BCUT2D eigenvalue weighted by molar-refractivity contribution is 0.0940. The van der Waals surface area contributed by atoms with E-state index in [-0.39, 0.29) is 23.3 Å². The molecular weight excluding hydrogens is 369 g/mol. The molecule has 0 fully saturated rings. The quantitative estimate of drug-likeness (QED) is 0.727. The molecule has 1 amide bonds. The minimum absolute atomic E-state index is 0.0291. The van der Waals surface area contributed by atoms with Crippen molar-refractivity contribution in [1.29, 1.82) is 0 Å². The maximum atomic E-state index is 13.1. The minimum atomic E-state index is -0.311. The van der Waals surface area contributed by atoms with E-state index < -0.39 is 0 Å². The number of hydrogen-bond donors (Lipinski definition) is 1. The number of amides is 1. The summed E-state index contributed by atoms with van der Waals surface area (Å²) in [6.07, 6.45) is 5.07. The Balaban J connectivity index is 1.62. The second kappa shape index (κ2) is 8.15. The first-order valence-electron chi connectivity index (χ1n) is 10.1. The van der Waals surface area contributed by atoms with Crippen LogP contribution < -0.4 is 10.9 Å². The summed E-state index contributed by atoms with van der Waals surface area (Å²) in [5.41, 5.74) is 1.80. The number of hydrogen-bond acceptors (Lipinski definition) is 3. The summed E-state index contributed by atoms with van der Waals surface area (Å²) in [4.78, 5) is 30.3. The van der Waals surface area contributed by atoms with Crippen molar-refractivity contribution >= 4 is 16.8 Å². The van der Waals surface area contributed by atoms with Crippen LogP contribution in [0.5, 0.6) is 0 Å². The number of halogens is 1. The van der Waals surface area contributed by atoms with Gasteiger partial charge in [-0.25, -0.2) is 9.37 Å². The lowest BCUT2D eigenvalue weighted by atomic mass is 10.1. The summed E-state index contributed by atoms with van der Waals surface area (Å²) < 4.78 is 14.9. The second-order valence-corrected chi connectivity index (χ2v) is 7.63. The number of nitrogens with zero attached hydrogens (tertiary/aromatic N) is 2. The first-order valence-corrected chi connectivity index (χ1v) is 10.1. The number of carbonyl (C=O) groups excluding carboxylic acids is 1. The van der Waals surface area contributed by atoms with Crippen LogP contribution in [0.15, 0.2) is 47.3 Å². The maximum absolute atomic E-state index is 13.1. The first kappa shape index (κ1) is 19.3. The van der Waals surface area contributed by atoms with E-state index in [2.05, 4.69) is 5.32 Å². The number of aromatic nitrogens is 2. The molecule has 0 aliphatic carbocycles. The smallest absolute Gasteiger partial charge is 0.261 e. The molecular formula is C23H24FN3O2. The highest BCUT2D eigenvalue weighted by molar-refractivity contribution is 5.97. The fraction of sp³-hybridized carbons (Fsp3) is 0.348. The lowest BCUT2D eigenvalue weighted by Crippen LogP contribution is -2.28. The Kier molecular flexibility index (Phi) is 5.43. The largest absolute Gasteiger partial charge is 0.346 e. The molecule has 0 unspecified atom stereocenters. The van der Waals surface area contributed by atoms with Crippen molar-refractivity contribution in [2.45, 2.75) is 51.6 Å². The van der Waals surface area contributed by atoms with Gasteiger partial charge in [0.25, 0.3) is 11.5 Å². The fourth-order valence-electron chi connectivity index (χ4n) is 3.85. The molecule has 1 atom stereocenters. The molecule has 6 heteroatoms.